The first kappa shape index (κ1) is 17.8. The highest BCUT2D eigenvalue weighted by Crippen LogP contribution is 2.37. The maximum Gasteiger partial charge on any atom is 0.235 e. The van der Waals surface area contributed by atoms with E-state index in [-0.39, 0.29) is 15.7 Å². The summed E-state index contributed by atoms with van der Waals surface area (Å²) in [5, 5.41) is 8.87. The molecule has 3 aromatic rings. The van der Waals surface area contributed by atoms with Crippen molar-refractivity contribution < 1.29 is 4.39 Å². The molecule has 25 heavy (non-hydrogen) atoms. The third-order valence-corrected chi connectivity index (χ3v) is 4.62. The van der Waals surface area contributed by atoms with E-state index in [1.165, 1.54) is 12.1 Å². The van der Waals surface area contributed by atoms with Gasteiger partial charge in [-0.1, -0.05) is 49.0 Å². The van der Waals surface area contributed by atoms with E-state index in [1.807, 2.05) is 0 Å². The Morgan fingerprint density at radius 1 is 1.24 bits per heavy atom. The lowest BCUT2D eigenvalue weighted by atomic mass is 9.99. The number of aromatic nitrogens is 3. The molecule has 0 atom stereocenters. The maximum absolute atomic E-state index is 14.5. The van der Waals surface area contributed by atoms with Crippen LogP contribution in [-0.2, 0) is 0 Å². The van der Waals surface area contributed by atoms with Crippen molar-refractivity contribution in [3.63, 3.8) is 0 Å². The molecule has 0 spiro atoms. The molecule has 3 rings (SSSR count). The number of hydrogen-bond donors (Lipinski definition) is 1. The fourth-order valence-electron chi connectivity index (χ4n) is 2.84. The molecule has 130 valence electrons. The monoisotopic (exact) mass is 378 g/mol. The van der Waals surface area contributed by atoms with Gasteiger partial charge in [-0.2, -0.15) is 4.98 Å². The first-order valence-corrected chi connectivity index (χ1v) is 8.85. The predicted molar refractivity (Wildman–Crippen MR) is 99.4 cm³/mol. The second-order valence-corrected chi connectivity index (χ2v) is 6.52. The largest absolute Gasteiger partial charge is 0.303 e. The summed E-state index contributed by atoms with van der Waals surface area (Å²) < 4.78 is 16.2. The fraction of sp³-hybridized carbons (Fsp3) is 0.278. The van der Waals surface area contributed by atoms with Crippen molar-refractivity contribution in [3.8, 4) is 11.1 Å². The normalized spacial score (nSPS) is 11.2. The van der Waals surface area contributed by atoms with Crippen LogP contribution in [-0.4, -0.2) is 20.1 Å². The van der Waals surface area contributed by atoms with Crippen LogP contribution in [0.15, 0.2) is 30.6 Å². The average molecular weight is 379 g/mol. The molecule has 2 aromatic heterocycles. The lowest BCUT2D eigenvalue weighted by molar-refractivity contribution is 0.631. The van der Waals surface area contributed by atoms with E-state index in [4.69, 9.17) is 28.6 Å². The number of rotatable bonds is 6. The molecule has 1 N–H and O–H groups in total. The van der Waals surface area contributed by atoms with E-state index in [2.05, 4.69) is 16.9 Å². The van der Waals surface area contributed by atoms with E-state index < -0.39 is 5.82 Å². The van der Waals surface area contributed by atoms with Crippen molar-refractivity contribution in [2.75, 3.05) is 0 Å². The van der Waals surface area contributed by atoms with Gasteiger partial charge < -0.3 is 5.41 Å². The maximum atomic E-state index is 14.5. The van der Waals surface area contributed by atoms with Crippen LogP contribution in [0.1, 0.15) is 38.3 Å². The molecule has 1 aromatic carbocycles. The zero-order valence-corrected chi connectivity index (χ0v) is 15.2. The van der Waals surface area contributed by atoms with Gasteiger partial charge in [0.1, 0.15) is 11.0 Å². The first-order valence-electron chi connectivity index (χ1n) is 8.09. The molecule has 4 nitrogen and oxygen atoms in total. The van der Waals surface area contributed by atoms with Crippen LogP contribution < -0.4 is 0 Å². The van der Waals surface area contributed by atoms with Gasteiger partial charge in [0.15, 0.2) is 0 Å². The van der Waals surface area contributed by atoms with Gasteiger partial charge in [0.05, 0.1) is 16.4 Å². The highest BCUT2D eigenvalue weighted by atomic mass is 35.5. The molecule has 7 heteroatoms. The summed E-state index contributed by atoms with van der Waals surface area (Å²) in [6.45, 7) is 2.10. The lowest BCUT2D eigenvalue weighted by Crippen LogP contribution is -2.11. The fourth-order valence-corrected chi connectivity index (χ4v) is 3.36. The number of nitrogens with one attached hydrogen (secondary N) is 1. The Balaban J connectivity index is 2.25. The quantitative estimate of drug-likeness (QED) is 0.335. The van der Waals surface area contributed by atoms with E-state index in [1.54, 1.807) is 22.9 Å². The summed E-state index contributed by atoms with van der Waals surface area (Å²) in [5.74, 6) is -0.130. The van der Waals surface area contributed by atoms with Crippen LogP contribution in [0, 0.1) is 11.2 Å². The standard InChI is InChI=1S/C18H17Cl2FN4/c1-2-3-4-8-13(22)16-15(14-11(19)6-5-7-12(14)21)17(20)24-18-23-9-10-25(16)18/h5-7,9-10,22H,2-4,8H2,1H3. The SMILES string of the molecule is CCCCCC(=N)c1c(-c2c(F)cccc2Cl)c(Cl)nc2nccn12. The molecule has 0 radical (unpaired) electrons. The molecule has 0 aliphatic carbocycles. The van der Waals surface area contributed by atoms with Gasteiger partial charge in [-0.15, -0.1) is 0 Å². The second-order valence-electron chi connectivity index (χ2n) is 5.76. The van der Waals surface area contributed by atoms with Crippen molar-refractivity contribution >= 4 is 34.7 Å². The van der Waals surface area contributed by atoms with E-state index >= 15 is 0 Å². The van der Waals surface area contributed by atoms with Crippen molar-refractivity contribution in [2.24, 2.45) is 0 Å². The molecule has 2 heterocycles. The number of unbranched alkanes of at least 4 members (excludes halogenated alkanes) is 2. The Labute approximate surface area is 155 Å². The van der Waals surface area contributed by atoms with Crippen molar-refractivity contribution in [2.45, 2.75) is 32.6 Å². The molecule has 0 saturated heterocycles. The van der Waals surface area contributed by atoms with Gasteiger partial charge in [-0.3, -0.25) is 4.40 Å². The summed E-state index contributed by atoms with van der Waals surface area (Å²) in [4.78, 5) is 8.37. The average Bonchev–Trinajstić information content (AvgIpc) is 3.02. The van der Waals surface area contributed by atoms with Crippen LogP contribution in [0.3, 0.4) is 0 Å². The first-order chi connectivity index (χ1) is 12.0. The predicted octanol–water partition coefficient (Wildman–Crippen LogP) is 5.79. The van der Waals surface area contributed by atoms with E-state index in [0.29, 0.717) is 29.2 Å². The topological polar surface area (TPSA) is 54.0 Å². The zero-order chi connectivity index (χ0) is 18.0. The minimum absolute atomic E-state index is 0.0842. The highest BCUT2D eigenvalue weighted by Gasteiger charge is 2.23. The highest BCUT2D eigenvalue weighted by molar-refractivity contribution is 6.36. The zero-order valence-electron chi connectivity index (χ0n) is 13.7. The Morgan fingerprint density at radius 3 is 2.76 bits per heavy atom. The number of benzene rings is 1. The third-order valence-electron chi connectivity index (χ3n) is 4.03. The molecule has 0 bridgehead atoms. The third kappa shape index (κ3) is 3.39. The number of imidazole rings is 1. The van der Waals surface area contributed by atoms with Crippen molar-refractivity contribution in [1.29, 1.82) is 5.41 Å². The Morgan fingerprint density at radius 2 is 2.04 bits per heavy atom. The van der Waals surface area contributed by atoms with E-state index in [0.717, 1.165) is 19.3 Å². The van der Waals surface area contributed by atoms with Gasteiger partial charge in [-0.25, -0.2) is 9.37 Å². The Kier molecular flexibility index (Phi) is 5.35. The van der Waals surface area contributed by atoms with Crippen LogP contribution >= 0.6 is 23.2 Å². The minimum atomic E-state index is -0.502. The van der Waals surface area contributed by atoms with Crippen LogP contribution in [0.25, 0.3) is 16.9 Å². The van der Waals surface area contributed by atoms with Gasteiger partial charge in [0.2, 0.25) is 5.78 Å². The molecule has 0 aliphatic rings. The van der Waals surface area contributed by atoms with Crippen LogP contribution in [0.5, 0.6) is 0 Å². The smallest absolute Gasteiger partial charge is 0.235 e. The molecular weight excluding hydrogens is 362 g/mol. The van der Waals surface area contributed by atoms with Gasteiger partial charge in [0, 0.05) is 23.5 Å². The summed E-state index contributed by atoms with van der Waals surface area (Å²) in [6.07, 6.45) is 6.77. The van der Waals surface area contributed by atoms with Crippen LogP contribution in [0.2, 0.25) is 10.2 Å². The summed E-state index contributed by atoms with van der Waals surface area (Å²) in [5.41, 5.74) is 1.33. The van der Waals surface area contributed by atoms with Gasteiger partial charge >= 0.3 is 0 Å². The molecule has 0 unspecified atom stereocenters. The molecule has 0 aliphatic heterocycles. The Bertz CT molecular complexity index is 916. The molecule has 0 fully saturated rings. The molecule has 0 amide bonds. The summed E-state index contributed by atoms with van der Waals surface area (Å²) >= 11 is 12.6. The van der Waals surface area contributed by atoms with Gasteiger partial charge in [-0.05, 0) is 25.0 Å². The Hall–Kier alpha value is -1.98. The number of hydrogen-bond acceptors (Lipinski definition) is 3. The number of fused-ring (bicyclic) bond motifs is 1. The van der Waals surface area contributed by atoms with E-state index in [9.17, 15) is 4.39 Å². The van der Waals surface area contributed by atoms with Crippen LogP contribution in [0.4, 0.5) is 4.39 Å². The van der Waals surface area contributed by atoms with Crippen molar-refractivity contribution in [1.82, 2.24) is 14.4 Å². The summed E-state index contributed by atoms with van der Waals surface area (Å²) in [6, 6.07) is 4.45. The number of nitrogens with zero attached hydrogens (tertiary/aromatic N) is 3. The second kappa shape index (κ2) is 7.50. The lowest BCUT2D eigenvalue weighted by Gasteiger charge is -2.16. The molecular formula is C18H17Cl2FN4. The molecule has 0 saturated carbocycles. The minimum Gasteiger partial charge on any atom is -0.303 e. The van der Waals surface area contributed by atoms with Crippen molar-refractivity contribution in [3.05, 3.63) is 52.3 Å². The summed E-state index contributed by atoms with van der Waals surface area (Å²) in [7, 11) is 0. The van der Waals surface area contributed by atoms with Gasteiger partial charge in [0.25, 0.3) is 0 Å². The number of halogens is 3.